The Morgan fingerprint density at radius 1 is 1.00 bits per heavy atom. The second kappa shape index (κ2) is 12.6. The lowest BCUT2D eigenvalue weighted by Crippen LogP contribution is -2.21. The molecule has 0 saturated heterocycles. The molecule has 1 aromatic carbocycles. The third kappa shape index (κ3) is 7.68. The summed E-state index contributed by atoms with van der Waals surface area (Å²) in [5, 5.41) is 16.6. The highest BCUT2D eigenvalue weighted by Gasteiger charge is 2.09. The van der Waals surface area contributed by atoms with Gasteiger partial charge in [0.05, 0.1) is 14.2 Å². The first kappa shape index (κ1) is 20.3. The Morgan fingerprint density at radius 2 is 1.58 bits per heavy atom. The van der Waals surface area contributed by atoms with Crippen LogP contribution < -0.4 is 25.8 Å². The zero-order chi connectivity index (χ0) is 17.6. The van der Waals surface area contributed by atoms with E-state index in [0.717, 1.165) is 57.5 Å². The van der Waals surface area contributed by atoms with Crippen molar-refractivity contribution in [2.75, 3.05) is 46.9 Å². The number of unbranched alkanes of at least 4 members (excludes halogenated alkanes) is 1. The summed E-state index contributed by atoms with van der Waals surface area (Å²) in [6, 6.07) is 3.56. The van der Waals surface area contributed by atoms with Gasteiger partial charge in [0.2, 0.25) is 5.75 Å². The Kier molecular flexibility index (Phi) is 10.7. The molecule has 0 spiro atoms. The second-order valence-corrected chi connectivity index (χ2v) is 5.48. The maximum atomic E-state index is 9.88. The maximum absolute atomic E-state index is 9.88. The van der Waals surface area contributed by atoms with E-state index in [1.807, 2.05) is 12.2 Å². The first-order valence-electron chi connectivity index (χ1n) is 8.46. The number of hydrogen-bond acceptors (Lipinski definition) is 6. The number of nitrogens with two attached hydrogens (primary N) is 1. The van der Waals surface area contributed by atoms with Crippen molar-refractivity contribution in [1.82, 2.24) is 10.6 Å². The Hall–Kier alpha value is -1.76. The molecule has 0 aliphatic carbocycles. The van der Waals surface area contributed by atoms with Crippen molar-refractivity contribution in [2.45, 2.75) is 19.3 Å². The van der Waals surface area contributed by atoms with Gasteiger partial charge in [0.25, 0.3) is 0 Å². The van der Waals surface area contributed by atoms with Gasteiger partial charge in [0, 0.05) is 6.54 Å². The van der Waals surface area contributed by atoms with Gasteiger partial charge in [-0.3, -0.25) is 0 Å². The number of benzene rings is 1. The smallest absolute Gasteiger partial charge is 0.200 e. The Balaban J connectivity index is 2.23. The SMILES string of the molecule is COc1cc(C=CCNCCCCNCCCN)cc(OC)c1O. The maximum Gasteiger partial charge on any atom is 0.200 e. The van der Waals surface area contributed by atoms with E-state index in [0.29, 0.717) is 11.5 Å². The number of phenolic OH excluding ortho intramolecular Hbond substituents is 1. The fraction of sp³-hybridized carbons (Fsp3) is 0.556. The molecular weight excluding hydrogens is 306 g/mol. The van der Waals surface area contributed by atoms with Crippen LogP contribution in [-0.2, 0) is 0 Å². The van der Waals surface area contributed by atoms with E-state index in [1.165, 1.54) is 14.2 Å². The van der Waals surface area contributed by atoms with Crippen molar-refractivity contribution < 1.29 is 14.6 Å². The van der Waals surface area contributed by atoms with Gasteiger partial charge in [-0.05, 0) is 63.1 Å². The highest BCUT2D eigenvalue weighted by atomic mass is 16.5. The Morgan fingerprint density at radius 3 is 2.17 bits per heavy atom. The number of phenols is 1. The molecule has 0 saturated carbocycles. The van der Waals surface area contributed by atoms with Crippen LogP contribution in [0.25, 0.3) is 6.08 Å². The monoisotopic (exact) mass is 337 g/mol. The van der Waals surface area contributed by atoms with Crippen LogP contribution in [0.2, 0.25) is 0 Å². The first-order valence-corrected chi connectivity index (χ1v) is 8.46. The molecule has 0 amide bonds. The molecule has 136 valence electrons. The zero-order valence-electron chi connectivity index (χ0n) is 14.8. The number of methoxy groups -OCH3 is 2. The molecule has 1 aromatic rings. The van der Waals surface area contributed by atoms with Gasteiger partial charge in [-0.1, -0.05) is 12.2 Å². The lowest BCUT2D eigenvalue weighted by atomic mass is 10.1. The van der Waals surface area contributed by atoms with Crippen molar-refractivity contribution in [3.05, 3.63) is 23.8 Å². The number of ether oxygens (including phenoxy) is 2. The van der Waals surface area contributed by atoms with Gasteiger partial charge in [-0.15, -0.1) is 0 Å². The van der Waals surface area contributed by atoms with Crippen molar-refractivity contribution in [2.24, 2.45) is 5.73 Å². The van der Waals surface area contributed by atoms with E-state index in [4.69, 9.17) is 15.2 Å². The van der Waals surface area contributed by atoms with Gasteiger partial charge in [0.1, 0.15) is 0 Å². The summed E-state index contributed by atoms with van der Waals surface area (Å²) < 4.78 is 10.3. The minimum absolute atomic E-state index is 0.0235. The average Bonchev–Trinajstić information content (AvgIpc) is 2.60. The van der Waals surface area contributed by atoms with E-state index >= 15 is 0 Å². The molecule has 0 atom stereocenters. The van der Waals surface area contributed by atoms with E-state index in [1.54, 1.807) is 12.1 Å². The minimum Gasteiger partial charge on any atom is -0.502 e. The van der Waals surface area contributed by atoms with Crippen LogP contribution in [-0.4, -0.2) is 52.0 Å². The topological polar surface area (TPSA) is 88.8 Å². The molecule has 0 radical (unpaired) electrons. The Labute approximate surface area is 145 Å². The van der Waals surface area contributed by atoms with Gasteiger partial charge in [0.15, 0.2) is 11.5 Å². The molecule has 0 bridgehead atoms. The van der Waals surface area contributed by atoms with E-state index < -0.39 is 0 Å². The lowest BCUT2D eigenvalue weighted by Gasteiger charge is -2.09. The van der Waals surface area contributed by atoms with Gasteiger partial charge in [-0.2, -0.15) is 0 Å². The quantitative estimate of drug-likeness (QED) is 0.410. The predicted octanol–water partition coefficient (Wildman–Crippen LogP) is 1.73. The third-order valence-corrected chi connectivity index (χ3v) is 3.59. The Bertz CT molecular complexity index is 467. The summed E-state index contributed by atoms with van der Waals surface area (Å²) in [5.74, 6) is 0.837. The molecule has 6 nitrogen and oxygen atoms in total. The van der Waals surface area contributed by atoms with Crippen LogP contribution in [0.4, 0.5) is 0 Å². The first-order chi connectivity index (χ1) is 11.7. The normalized spacial score (nSPS) is 11.1. The van der Waals surface area contributed by atoms with Gasteiger partial charge < -0.3 is 30.9 Å². The highest BCUT2D eigenvalue weighted by molar-refractivity contribution is 5.61. The fourth-order valence-corrected chi connectivity index (χ4v) is 2.24. The predicted molar refractivity (Wildman–Crippen MR) is 98.9 cm³/mol. The highest BCUT2D eigenvalue weighted by Crippen LogP contribution is 2.37. The van der Waals surface area contributed by atoms with Crippen molar-refractivity contribution >= 4 is 6.08 Å². The number of hydrogen-bond donors (Lipinski definition) is 4. The fourth-order valence-electron chi connectivity index (χ4n) is 2.24. The summed E-state index contributed by atoms with van der Waals surface area (Å²) in [4.78, 5) is 0. The summed E-state index contributed by atoms with van der Waals surface area (Å²) in [7, 11) is 3.04. The van der Waals surface area contributed by atoms with Crippen LogP contribution in [0.3, 0.4) is 0 Å². The van der Waals surface area contributed by atoms with Crippen LogP contribution in [0, 0.1) is 0 Å². The number of nitrogens with one attached hydrogen (secondary N) is 2. The zero-order valence-corrected chi connectivity index (χ0v) is 14.8. The minimum atomic E-state index is 0.0235. The molecule has 1 rings (SSSR count). The molecule has 0 fully saturated rings. The lowest BCUT2D eigenvalue weighted by molar-refractivity contribution is 0.340. The average molecular weight is 337 g/mol. The molecule has 5 N–H and O–H groups in total. The third-order valence-electron chi connectivity index (χ3n) is 3.59. The molecule has 0 heterocycles. The standard InChI is InChI=1S/C18H31N3O3/c1-23-16-13-15(14-17(24-2)18(16)22)7-5-11-20-9-3-4-10-21-12-6-8-19/h5,7,13-14,20-22H,3-4,6,8-12,19H2,1-2H3. The largest absolute Gasteiger partial charge is 0.502 e. The van der Waals surface area contributed by atoms with E-state index in [9.17, 15) is 5.11 Å². The number of rotatable bonds is 13. The van der Waals surface area contributed by atoms with Crippen LogP contribution >= 0.6 is 0 Å². The van der Waals surface area contributed by atoms with E-state index in [2.05, 4.69) is 10.6 Å². The molecule has 0 aliphatic heterocycles. The second-order valence-electron chi connectivity index (χ2n) is 5.48. The van der Waals surface area contributed by atoms with Crippen molar-refractivity contribution in [3.8, 4) is 17.2 Å². The van der Waals surface area contributed by atoms with Crippen LogP contribution in [0.15, 0.2) is 18.2 Å². The van der Waals surface area contributed by atoms with Crippen LogP contribution in [0.5, 0.6) is 17.2 Å². The summed E-state index contributed by atoms with van der Waals surface area (Å²) >= 11 is 0. The molecule has 0 aromatic heterocycles. The molecule has 0 unspecified atom stereocenters. The van der Waals surface area contributed by atoms with Crippen molar-refractivity contribution in [1.29, 1.82) is 0 Å². The molecular formula is C18H31N3O3. The summed E-state index contributed by atoms with van der Waals surface area (Å²) in [6.45, 7) is 4.59. The molecule has 6 heteroatoms. The van der Waals surface area contributed by atoms with Crippen molar-refractivity contribution in [3.63, 3.8) is 0 Å². The molecule has 0 aliphatic rings. The van der Waals surface area contributed by atoms with E-state index in [-0.39, 0.29) is 5.75 Å². The van der Waals surface area contributed by atoms with Gasteiger partial charge >= 0.3 is 0 Å². The van der Waals surface area contributed by atoms with Crippen LogP contribution in [0.1, 0.15) is 24.8 Å². The number of aromatic hydroxyl groups is 1. The summed E-state index contributed by atoms with van der Waals surface area (Å²) in [6.07, 6.45) is 7.37. The van der Waals surface area contributed by atoms with Gasteiger partial charge in [-0.25, -0.2) is 0 Å². The summed E-state index contributed by atoms with van der Waals surface area (Å²) in [5.41, 5.74) is 6.36. The molecule has 24 heavy (non-hydrogen) atoms.